The molecular formula is C21H36O4Si. The van der Waals surface area contributed by atoms with Gasteiger partial charge in [0.2, 0.25) is 0 Å². The lowest BCUT2D eigenvalue weighted by Gasteiger charge is -2.37. The Morgan fingerprint density at radius 2 is 1.58 bits per heavy atom. The van der Waals surface area contributed by atoms with E-state index in [0.717, 1.165) is 30.2 Å². The lowest BCUT2D eigenvalue weighted by atomic mass is 9.90. The van der Waals surface area contributed by atoms with Crippen molar-refractivity contribution in [1.29, 1.82) is 0 Å². The predicted octanol–water partition coefficient (Wildman–Crippen LogP) is 5.15. The zero-order valence-electron chi connectivity index (χ0n) is 17.8. The first-order valence-electron chi connectivity index (χ1n) is 9.97. The summed E-state index contributed by atoms with van der Waals surface area (Å²) in [5, 5.41) is 0. The molecule has 0 unspecified atom stereocenters. The molecule has 0 spiro atoms. The first-order valence-corrected chi connectivity index (χ1v) is 12.5. The van der Waals surface area contributed by atoms with Gasteiger partial charge in [-0.25, -0.2) is 0 Å². The van der Waals surface area contributed by atoms with E-state index >= 15 is 0 Å². The van der Waals surface area contributed by atoms with Crippen molar-refractivity contribution in [3.63, 3.8) is 0 Å². The molecule has 0 N–H and O–H groups in total. The molecule has 3 atom stereocenters. The third-order valence-electron chi connectivity index (χ3n) is 5.98. The summed E-state index contributed by atoms with van der Waals surface area (Å²) in [4.78, 5) is 24.2. The molecule has 0 saturated heterocycles. The molecule has 5 heteroatoms. The molecule has 0 radical (unpaired) electrons. The van der Waals surface area contributed by atoms with Crippen LogP contribution in [0.2, 0.25) is 18.1 Å². The van der Waals surface area contributed by atoms with Crippen LogP contribution in [0.4, 0.5) is 0 Å². The van der Waals surface area contributed by atoms with Crippen LogP contribution in [0.1, 0.15) is 70.1 Å². The number of carbonyl (C=O) groups excluding carboxylic acids is 1. The Bertz CT molecular complexity index is 652. The molecule has 0 aromatic carbocycles. The van der Waals surface area contributed by atoms with E-state index in [9.17, 15) is 9.59 Å². The van der Waals surface area contributed by atoms with E-state index in [1.807, 2.05) is 34.6 Å². The second kappa shape index (κ2) is 9.65. The molecule has 1 rings (SSSR count). The summed E-state index contributed by atoms with van der Waals surface area (Å²) in [5.74, 6) is 0.996. The van der Waals surface area contributed by atoms with Crippen molar-refractivity contribution in [3.05, 3.63) is 32.9 Å². The van der Waals surface area contributed by atoms with E-state index < -0.39 is 8.32 Å². The van der Waals surface area contributed by atoms with Gasteiger partial charge in [-0.1, -0.05) is 41.5 Å². The fraction of sp³-hybridized carbons (Fsp3) is 0.714. The monoisotopic (exact) mass is 380 g/mol. The number of carbonyl (C=O) groups is 1. The molecule has 0 saturated carbocycles. The van der Waals surface area contributed by atoms with E-state index in [-0.39, 0.29) is 23.4 Å². The topological polar surface area (TPSA) is 56.5 Å². The van der Waals surface area contributed by atoms with Gasteiger partial charge in [-0.3, -0.25) is 4.79 Å². The predicted molar refractivity (Wildman–Crippen MR) is 110 cm³/mol. The minimum Gasteiger partial charge on any atom is -0.465 e. The van der Waals surface area contributed by atoms with Gasteiger partial charge >= 0.3 is 0 Å². The van der Waals surface area contributed by atoms with E-state index in [2.05, 4.69) is 20.8 Å². The summed E-state index contributed by atoms with van der Waals surface area (Å²) >= 11 is 0. The Morgan fingerprint density at radius 3 is 2.00 bits per heavy atom. The Labute approximate surface area is 159 Å². The summed E-state index contributed by atoms with van der Waals surface area (Å²) < 4.78 is 12.8. The first kappa shape index (κ1) is 22.8. The maximum Gasteiger partial charge on any atom is 0.192 e. The molecule has 4 nitrogen and oxygen atoms in total. The molecule has 148 valence electrons. The lowest BCUT2D eigenvalue weighted by molar-refractivity contribution is -0.113. The van der Waals surface area contributed by atoms with Gasteiger partial charge in [-0.2, -0.15) is 0 Å². The van der Waals surface area contributed by atoms with E-state index in [4.69, 9.17) is 8.84 Å². The molecule has 0 fully saturated rings. The quantitative estimate of drug-likeness (QED) is 0.416. The van der Waals surface area contributed by atoms with Gasteiger partial charge in [0, 0.05) is 29.4 Å². The van der Waals surface area contributed by atoms with Crippen molar-refractivity contribution in [1.82, 2.24) is 0 Å². The average molecular weight is 381 g/mol. The highest BCUT2D eigenvalue weighted by molar-refractivity contribution is 6.73. The Kier molecular flexibility index (Phi) is 8.48. The smallest absolute Gasteiger partial charge is 0.192 e. The van der Waals surface area contributed by atoms with Crippen molar-refractivity contribution in [2.24, 2.45) is 5.92 Å². The fourth-order valence-corrected chi connectivity index (χ4v) is 6.75. The third-order valence-corrected chi connectivity index (χ3v) is 10.6. The van der Waals surface area contributed by atoms with Crippen LogP contribution in [0, 0.1) is 19.8 Å². The fourth-order valence-electron chi connectivity index (χ4n) is 3.76. The minimum atomic E-state index is -1.90. The molecule has 26 heavy (non-hydrogen) atoms. The van der Waals surface area contributed by atoms with Gasteiger partial charge in [-0.15, -0.1) is 0 Å². The van der Waals surface area contributed by atoms with Crippen molar-refractivity contribution in [2.75, 3.05) is 0 Å². The second-order valence-electron chi connectivity index (χ2n) is 7.43. The average Bonchev–Trinajstić information content (AvgIpc) is 2.67. The first-order chi connectivity index (χ1) is 12.2. The molecule has 1 aromatic rings. The summed E-state index contributed by atoms with van der Waals surface area (Å²) in [6.07, 6.45) is 1.37. The second-order valence-corrected chi connectivity index (χ2v) is 12.2. The minimum absolute atomic E-state index is 0.0393. The van der Waals surface area contributed by atoms with Crippen LogP contribution in [-0.2, 0) is 15.6 Å². The highest BCUT2D eigenvalue weighted by Crippen LogP contribution is 2.34. The highest BCUT2D eigenvalue weighted by atomic mass is 28.4. The van der Waals surface area contributed by atoms with Crippen molar-refractivity contribution in [3.8, 4) is 0 Å². The third kappa shape index (κ3) is 4.55. The maximum atomic E-state index is 12.6. The number of hydrogen-bond donors (Lipinski definition) is 0. The van der Waals surface area contributed by atoms with E-state index in [1.165, 1.54) is 0 Å². The zero-order valence-corrected chi connectivity index (χ0v) is 18.8. The Balaban J connectivity index is 3.43. The zero-order chi connectivity index (χ0) is 20.1. The van der Waals surface area contributed by atoms with Gasteiger partial charge in [0.15, 0.2) is 13.7 Å². The summed E-state index contributed by atoms with van der Waals surface area (Å²) in [7, 11) is -1.90. The van der Waals surface area contributed by atoms with Crippen LogP contribution in [0.15, 0.2) is 9.21 Å². The largest absolute Gasteiger partial charge is 0.465 e. The lowest BCUT2D eigenvalue weighted by Crippen LogP contribution is -2.44. The van der Waals surface area contributed by atoms with Crippen LogP contribution >= 0.6 is 0 Å². The van der Waals surface area contributed by atoms with Crippen molar-refractivity contribution in [2.45, 2.75) is 92.0 Å². The SMILES string of the molecule is CCc1oc([C@@H](C)[C@@H](O[Si](CC)(CC)CC)[C@H](C)C=O)c(C)c(=O)c1C. The number of aryl methyl sites for hydroxylation is 1. The maximum absolute atomic E-state index is 12.6. The van der Waals surface area contributed by atoms with Gasteiger partial charge in [0.05, 0.1) is 6.10 Å². The van der Waals surface area contributed by atoms with Crippen LogP contribution in [0.5, 0.6) is 0 Å². The van der Waals surface area contributed by atoms with Gasteiger partial charge in [0.25, 0.3) is 0 Å². The van der Waals surface area contributed by atoms with Crippen LogP contribution in [0.3, 0.4) is 0 Å². The summed E-state index contributed by atoms with van der Waals surface area (Å²) in [6, 6.07) is 3.06. The summed E-state index contributed by atoms with van der Waals surface area (Å²) in [6.45, 7) is 16.1. The van der Waals surface area contributed by atoms with Gasteiger partial charge in [0.1, 0.15) is 17.8 Å². The number of hydrogen-bond acceptors (Lipinski definition) is 4. The van der Waals surface area contributed by atoms with Crippen molar-refractivity contribution < 1.29 is 13.6 Å². The number of rotatable bonds is 10. The molecular weight excluding hydrogens is 344 g/mol. The number of aldehydes is 1. The highest BCUT2D eigenvalue weighted by Gasteiger charge is 2.38. The van der Waals surface area contributed by atoms with Gasteiger partial charge in [-0.05, 0) is 32.0 Å². The molecule has 0 aliphatic heterocycles. The van der Waals surface area contributed by atoms with Gasteiger partial charge < -0.3 is 13.6 Å². The molecule has 0 amide bonds. The normalized spacial score (nSPS) is 15.5. The van der Waals surface area contributed by atoms with E-state index in [0.29, 0.717) is 23.3 Å². The molecule has 0 aliphatic rings. The summed E-state index contributed by atoms with van der Waals surface area (Å²) in [5.41, 5.74) is 1.36. The van der Waals surface area contributed by atoms with Crippen LogP contribution < -0.4 is 5.43 Å². The van der Waals surface area contributed by atoms with Crippen LogP contribution in [-0.4, -0.2) is 20.7 Å². The Morgan fingerprint density at radius 1 is 1.04 bits per heavy atom. The Hall–Kier alpha value is -1.20. The van der Waals surface area contributed by atoms with Crippen molar-refractivity contribution >= 4 is 14.6 Å². The molecule has 1 aromatic heterocycles. The standard InChI is InChI=1S/C21H36O4Si/c1-9-18-15(6)19(23)16(7)21(24-18)17(8)20(14(5)13-22)25-26(10-2,11-3)12-4/h13-14,17,20H,9-12H2,1-8H3/t14-,17+,20+/m1/s1. The molecule has 0 aliphatic carbocycles. The molecule has 1 heterocycles. The molecule has 0 bridgehead atoms. The van der Waals surface area contributed by atoms with E-state index in [1.54, 1.807) is 0 Å². The van der Waals surface area contributed by atoms with Crippen LogP contribution in [0.25, 0.3) is 0 Å².